The van der Waals surface area contributed by atoms with Crippen LogP contribution in [0.2, 0.25) is 0 Å². The van der Waals surface area contributed by atoms with Crippen molar-refractivity contribution in [1.29, 1.82) is 0 Å². The van der Waals surface area contributed by atoms with Crippen molar-refractivity contribution in [2.24, 2.45) is 5.41 Å². The molecule has 0 radical (unpaired) electrons. The van der Waals surface area contributed by atoms with Crippen LogP contribution in [0.3, 0.4) is 0 Å². The van der Waals surface area contributed by atoms with E-state index in [1.165, 1.54) is 6.39 Å². The number of aromatic nitrogens is 2. The van der Waals surface area contributed by atoms with Crippen molar-refractivity contribution >= 4 is 0 Å². The van der Waals surface area contributed by atoms with E-state index in [0.29, 0.717) is 5.41 Å². The molecule has 3 heteroatoms. The van der Waals surface area contributed by atoms with Gasteiger partial charge < -0.3 is 4.42 Å². The number of rotatable bonds is 2. The molecule has 0 atom stereocenters. The van der Waals surface area contributed by atoms with Gasteiger partial charge in [-0.15, -0.1) is 10.2 Å². The fourth-order valence-electron chi connectivity index (χ4n) is 0.787. The average molecular weight is 154 g/mol. The van der Waals surface area contributed by atoms with E-state index in [4.69, 9.17) is 4.42 Å². The summed E-state index contributed by atoms with van der Waals surface area (Å²) >= 11 is 0. The van der Waals surface area contributed by atoms with Crippen molar-refractivity contribution in [3.05, 3.63) is 12.3 Å². The number of hydrogen-bond acceptors (Lipinski definition) is 3. The van der Waals surface area contributed by atoms with Crippen molar-refractivity contribution in [2.75, 3.05) is 0 Å². The molecule has 1 rings (SSSR count). The molecule has 1 aromatic heterocycles. The van der Waals surface area contributed by atoms with Crippen LogP contribution in [0, 0.1) is 5.41 Å². The summed E-state index contributed by atoms with van der Waals surface area (Å²) in [5.41, 5.74) is 0.342. The first kappa shape index (κ1) is 8.24. The van der Waals surface area contributed by atoms with Crippen LogP contribution in [0.4, 0.5) is 0 Å². The van der Waals surface area contributed by atoms with Gasteiger partial charge in [-0.05, 0) is 11.8 Å². The van der Waals surface area contributed by atoms with Gasteiger partial charge in [-0.2, -0.15) is 0 Å². The molecule has 0 unspecified atom stereocenters. The Balaban J connectivity index is 2.35. The standard InChI is InChI=1S/C8H14N2O/c1-8(2,3)5-4-7-10-9-6-11-7/h6H,4-5H2,1-3H3. The molecule has 0 saturated heterocycles. The molecule has 0 amide bonds. The van der Waals surface area contributed by atoms with E-state index in [1.54, 1.807) is 0 Å². The molecule has 0 saturated carbocycles. The fourth-order valence-corrected chi connectivity index (χ4v) is 0.787. The lowest BCUT2D eigenvalue weighted by atomic mass is 9.91. The third-order valence-corrected chi connectivity index (χ3v) is 1.49. The first-order valence-electron chi connectivity index (χ1n) is 3.83. The second-order valence-corrected chi connectivity index (χ2v) is 3.89. The van der Waals surface area contributed by atoms with E-state index in [-0.39, 0.29) is 0 Å². The van der Waals surface area contributed by atoms with Crippen LogP contribution < -0.4 is 0 Å². The monoisotopic (exact) mass is 154 g/mol. The maximum atomic E-state index is 5.01. The minimum Gasteiger partial charge on any atom is -0.428 e. The number of hydrogen-bond donors (Lipinski definition) is 0. The van der Waals surface area contributed by atoms with Gasteiger partial charge in [0.2, 0.25) is 12.3 Å². The summed E-state index contributed by atoms with van der Waals surface area (Å²) in [6, 6.07) is 0. The van der Waals surface area contributed by atoms with Gasteiger partial charge >= 0.3 is 0 Å². The lowest BCUT2D eigenvalue weighted by Crippen LogP contribution is -2.06. The Kier molecular flexibility index (Phi) is 2.27. The smallest absolute Gasteiger partial charge is 0.216 e. The normalized spacial score (nSPS) is 11.9. The third-order valence-electron chi connectivity index (χ3n) is 1.49. The van der Waals surface area contributed by atoms with Crippen molar-refractivity contribution in [1.82, 2.24) is 10.2 Å². The zero-order valence-electron chi connectivity index (χ0n) is 7.29. The summed E-state index contributed by atoms with van der Waals surface area (Å²) in [5, 5.41) is 7.41. The Labute approximate surface area is 66.8 Å². The summed E-state index contributed by atoms with van der Waals surface area (Å²) in [6.07, 6.45) is 3.33. The fraction of sp³-hybridized carbons (Fsp3) is 0.750. The quantitative estimate of drug-likeness (QED) is 0.654. The molecule has 0 aliphatic carbocycles. The van der Waals surface area contributed by atoms with Gasteiger partial charge in [0.25, 0.3) is 0 Å². The average Bonchev–Trinajstić information content (AvgIpc) is 2.32. The van der Waals surface area contributed by atoms with Crippen molar-refractivity contribution in [3.63, 3.8) is 0 Å². The minimum absolute atomic E-state index is 0.342. The van der Waals surface area contributed by atoms with Crippen LogP contribution in [0.1, 0.15) is 33.1 Å². The molecular weight excluding hydrogens is 140 g/mol. The Hall–Kier alpha value is -0.860. The highest BCUT2D eigenvalue weighted by Crippen LogP contribution is 2.20. The van der Waals surface area contributed by atoms with E-state index in [0.717, 1.165) is 18.7 Å². The predicted molar refractivity (Wildman–Crippen MR) is 42.1 cm³/mol. The van der Waals surface area contributed by atoms with Gasteiger partial charge in [-0.3, -0.25) is 0 Å². The van der Waals surface area contributed by atoms with Gasteiger partial charge in [0.1, 0.15) is 0 Å². The molecule has 0 aromatic carbocycles. The van der Waals surface area contributed by atoms with Gasteiger partial charge in [0.05, 0.1) is 0 Å². The predicted octanol–water partition coefficient (Wildman–Crippen LogP) is 2.05. The molecular formula is C8H14N2O. The van der Waals surface area contributed by atoms with E-state index in [1.807, 2.05) is 0 Å². The van der Waals surface area contributed by atoms with E-state index in [2.05, 4.69) is 31.0 Å². The summed E-state index contributed by atoms with van der Waals surface area (Å²) in [6.45, 7) is 6.59. The Morgan fingerprint density at radius 1 is 1.45 bits per heavy atom. The highest BCUT2D eigenvalue weighted by molar-refractivity contribution is 4.76. The lowest BCUT2D eigenvalue weighted by Gasteiger charge is -2.15. The zero-order valence-corrected chi connectivity index (χ0v) is 7.29. The van der Waals surface area contributed by atoms with Crippen LogP contribution in [-0.4, -0.2) is 10.2 Å². The van der Waals surface area contributed by atoms with Crippen molar-refractivity contribution in [2.45, 2.75) is 33.6 Å². The Morgan fingerprint density at radius 2 is 2.18 bits per heavy atom. The summed E-state index contributed by atoms with van der Waals surface area (Å²) in [4.78, 5) is 0. The number of aryl methyl sites for hydroxylation is 1. The van der Waals surface area contributed by atoms with Crippen LogP contribution in [0.25, 0.3) is 0 Å². The number of nitrogens with zero attached hydrogens (tertiary/aromatic N) is 2. The minimum atomic E-state index is 0.342. The van der Waals surface area contributed by atoms with Gasteiger partial charge in [-0.1, -0.05) is 20.8 Å². The first-order valence-corrected chi connectivity index (χ1v) is 3.83. The Morgan fingerprint density at radius 3 is 2.64 bits per heavy atom. The maximum absolute atomic E-state index is 5.01. The van der Waals surface area contributed by atoms with Gasteiger partial charge in [0, 0.05) is 6.42 Å². The van der Waals surface area contributed by atoms with Crippen LogP contribution >= 0.6 is 0 Å². The highest BCUT2D eigenvalue weighted by atomic mass is 16.4. The molecule has 62 valence electrons. The van der Waals surface area contributed by atoms with Crippen LogP contribution in [0.15, 0.2) is 10.8 Å². The van der Waals surface area contributed by atoms with Gasteiger partial charge in [-0.25, -0.2) is 0 Å². The molecule has 0 bridgehead atoms. The maximum Gasteiger partial charge on any atom is 0.216 e. The highest BCUT2D eigenvalue weighted by Gasteiger charge is 2.11. The third kappa shape index (κ3) is 3.16. The molecule has 0 fully saturated rings. The first-order chi connectivity index (χ1) is 5.08. The van der Waals surface area contributed by atoms with E-state index < -0.39 is 0 Å². The zero-order chi connectivity index (χ0) is 8.32. The van der Waals surface area contributed by atoms with Crippen LogP contribution in [0.5, 0.6) is 0 Å². The van der Waals surface area contributed by atoms with Crippen molar-refractivity contribution < 1.29 is 4.42 Å². The topological polar surface area (TPSA) is 38.9 Å². The Bertz CT molecular complexity index is 198. The van der Waals surface area contributed by atoms with E-state index in [9.17, 15) is 0 Å². The molecule has 1 aromatic rings. The molecule has 0 N–H and O–H groups in total. The second-order valence-electron chi connectivity index (χ2n) is 3.89. The molecule has 1 heterocycles. The second kappa shape index (κ2) is 3.03. The van der Waals surface area contributed by atoms with Crippen molar-refractivity contribution in [3.8, 4) is 0 Å². The van der Waals surface area contributed by atoms with E-state index >= 15 is 0 Å². The lowest BCUT2D eigenvalue weighted by molar-refractivity contribution is 0.355. The summed E-state index contributed by atoms with van der Waals surface area (Å²) in [5.74, 6) is 0.736. The van der Waals surface area contributed by atoms with Crippen LogP contribution in [-0.2, 0) is 6.42 Å². The summed E-state index contributed by atoms with van der Waals surface area (Å²) < 4.78 is 5.01. The largest absolute Gasteiger partial charge is 0.428 e. The molecule has 0 aliphatic heterocycles. The SMILES string of the molecule is CC(C)(C)CCc1nnco1. The molecule has 3 nitrogen and oxygen atoms in total. The molecule has 11 heavy (non-hydrogen) atoms. The molecule has 0 aliphatic rings. The molecule has 0 spiro atoms. The summed E-state index contributed by atoms with van der Waals surface area (Å²) in [7, 11) is 0. The van der Waals surface area contributed by atoms with Gasteiger partial charge in [0.15, 0.2) is 0 Å².